The zero-order valence-corrected chi connectivity index (χ0v) is 11.8. The van der Waals surface area contributed by atoms with Gasteiger partial charge in [0.05, 0.1) is 4.92 Å². The fraction of sp³-hybridized carbons (Fsp3) is 0.400. The number of carbonyl (C=O) groups excluding carboxylic acids is 1. The van der Waals surface area contributed by atoms with Crippen LogP contribution in [0.15, 0.2) is 12.3 Å². The van der Waals surface area contributed by atoms with Crippen molar-refractivity contribution >= 4 is 34.0 Å². The van der Waals surface area contributed by atoms with Gasteiger partial charge in [0, 0.05) is 28.9 Å². The Morgan fingerprint density at radius 2 is 2.32 bits per heavy atom. The number of rotatable bonds is 5. The number of amides is 1. The summed E-state index contributed by atoms with van der Waals surface area (Å²) in [5.41, 5.74) is -0.591. The number of hydrogen-bond acceptors (Lipinski definition) is 5. The Morgan fingerprint density at radius 3 is 2.84 bits per heavy atom. The number of halogens is 1. The molecule has 0 spiro atoms. The average Bonchev–Trinajstić information content (AvgIpc) is 2.34. The third kappa shape index (κ3) is 4.25. The summed E-state index contributed by atoms with van der Waals surface area (Å²) in [5, 5.41) is 13.0. The second-order valence-electron chi connectivity index (χ2n) is 3.80. The highest BCUT2D eigenvalue weighted by atomic mass is 35.5. The van der Waals surface area contributed by atoms with Crippen molar-refractivity contribution in [3.8, 4) is 0 Å². The normalized spacial score (nSPS) is 13.6. The van der Waals surface area contributed by atoms with Crippen LogP contribution in [0.5, 0.6) is 0 Å². The van der Waals surface area contributed by atoms with E-state index in [1.54, 1.807) is 6.92 Å². The largest absolute Gasteiger partial charge is 0.351 e. The van der Waals surface area contributed by atoms with Crippen LogP contribution in [0.2, 0.25) is 5.15 Å². The minimum absolute atomic E-state index is 0.0112. The van der Waals surface area contributed by atoms with Crippen molar-refractivity contribution in [2.75, 3.05) is 12.8 Å². The van der Waals surface area contributed by atoms with Crippen molar-refractivity contribution in [2.45, 2.75) is 12.2 Å². The second kappa shape index (κ2) is 6.58. The first kappa shape index (κ1) is 15.5. The second-order valence-corrected chi connectivity index (χ2v) is 5.99. The summed E-state index contributed by atoms with van der Waals surface area (Å²) in [6.45, 7) is 1.85. The molecule has 0 saturated carbocycles. The van der Waals surface area contributed by atoms with E-state index in [-0.39, 0.29) is 22.5 Å². The molecule has 0 saturated heterocycles. The minimum Gasteiger partial charge on any atom is -0.351 e. The fourth-order valence-corrected chi connectivity index (χ4v) is 1.67. The SMILES string of the molecule is CC(CNC(=O)c1cc(Cl)ncc1[N+](=O)[O-])S(C)=O. The minimum atomic E-state index is -1.09. The molecule has 1 N–H and O–H groups in total. The monoisotopic (exact) mass is 305 g/mol. The van der Waals surface area contributed by atoms with Crippen LogP contribution >= 0.6 is 11.6 Å². The van der Waals surface area contributed by atoms with Crippen LogP contribution in [0.4, 0.5) is 5.69 Å². The number of nitrogens with zero attached hydrogens (tertiary/aromatic N) is 2. The van der Waals surface area contributed by atoms with Crippen molar-refractivity contribution in [3.63, 3.8) is 0 Å². The summed E-state index contributed by atoms with van der Waals surface area (Å²) in [5.74, 6) is -0.645. The van der Waals surface area contributed by atoms with Gasteiger partial charge in [-0.1, -0.05) is 11.6 Å². The van der Waals surface area contributed by atoms with Gasteiger partial charge >= 0.3 is 0 Å². The lowest BCUT2D eigenvalue weighted by Crippen LogP contribution is -2.33. The van der Waals surface area contributed by atoms with Crippen LogP contribution < -0.4 is 5.32 Å². The lowest BCUT2D eigenvalue weighted by atomic mass is 10.2. The van der Waals surface area contributed by atoms with Gasteiger partial charge < -0.3 is 5.32 Å². The van der Waals surface area contributed by atoms with E-state index in [9.17, 15) is 19.1 Å². The van der Waals surface area contributed by atoms with Crippen LogP contribution in [0.1, 0.15) is 17.3 Å². The smallest absolute Gasteiger partial charge is 0.300 e. The Kier molecular flexibility index (Phi) is 5.37. The summed E-state index contributed by atoms with van der Waals surface area (Å²) in [4.78, 5) is 25.5. The Balaban J connectivity index is 2.90. The average molecular weight is 306 g/mol. The van der Waals surface area contributed by atoms with E-state index in [1.165, 1.54) is 6.26 Å². The van der Waals surface area contributed by atoms with Crippen molar-refractivity contribution in [2.24, 2.45) is 0 Å². The first-order valence-electron chi connectivity index (χ1n) is 5.23. The Morgan fingerprint density at radius 1 is 1.68 bits per heavy atom. The summed E-state index contributed by atoms with van der Waals surface area (Å²) < 4.78 is 11.1. The number of carbonyl (C=O) groups is 1. The number of hydrogen-bond donors (Lipinski definition) is 1. The topological polar surface area (TPSA) is 102 Å². The first-order valence-corrected chi connectivity index (χ1v) is 7.23. The quantitative estimate of drug-likeness (QED) is 0.499. The number of aromatic nitrogens is 1. The maximum absolute atomic E-state index is 11.8. The predicted molar refractivity (Wildman–Crippen MR) is 71.8 cm³/mol. The summed E-state index contributed by atoms with van der Waals surface area (Å²) >= 11 is 5.62. The van der Waals surface area contributed by atoms with Gasteiger partial charge in [0.1, 0.15) is 16.9 Å². The molecule has 104 valence electrons. The van der Waals surface area contributed by atoms with Crippen molar-refractivity contribution in [1.29, 1.82) is 0 Å². The Labute approximate surface area is 117 Å². The highest BCUT2D eigenvalue weighted by Gasteiger charge is 2.21. The van der Waals surface area contributed by atoms with Crippen LogP contribution in [-0.2, 0) is 10.8 Å². The van der Waals surface area contributed by atoms with E-state index in [2.05, 4.69) is 10.3 Å². The molecular weight excluding hydrogens is 294 g/mol. The zero-order chi connectivity index (χ0) is 14.6. The predicted octanol–water partition coefficient (Wildman–Crippen LogP) is 1.14. The number of pyridine rings is 1. The molecule has 0 aliphatic carbocycles. The fourth-order valence-electron chi connectivity index (χ4n) is 1.20. The van der Waals surface area contributed by atoms with Gasteiger partial charge in [-0.25, -0.2) is 4.98 Å². The molecule has 9 heteroatoms. The third-order valence-electron chi connectivity index (χ3n) is 2.41. The molecule has 0 radical (unpaired) electrons. The summed E-state index contributed by atoms with van der Waals surface area (Å²) in [6, 6.07) is 1.13. The molecule has 1 aromatic heterocycles. The first-order chi connectivity index (χ1) is 8.82. The van der Waals surface area contributed by atoms with E-state index >= 15 is 0 Å². The van der Waals surface area contributed by atoms with Gasteiger partial charge in [0.25, 0.3) is 11.6 Å². The molecule has 1 rings (SSSR count). The highest BCUT2D eigenvalue weighted by molar-refractivity contribution is 7.84. The third-order valence-corrected chi connectivity index (χ3v) is 3.91. The van der Waals surface area contributed by atoms with Crippen molar-refractivity contribution < 1.29 is 13.9 Å². The van der Waals surface area contributed by atoms with Crippen molar-refractivity contribution in [3.05, 3.63) is 33.1 Å². The molecule has 0 bridgehead atoms. The van der Waals surface area contributed by atoms with Gasteiger partial charge in [0.15, 0.2) is 0 Å². The maximum atomic E-state index is 11.8. The lowest BCUT2D eigenvalue weighted by molar-refractivity contribution is -0.385. The van der Waals surface area contributed by atoms with E-state index in [0.717, 1.165) is 12.3 Å². The van der Waals surface area contributed by atoms with Crippen LogP contribution in [0, 0.1) is 10.1 Å². The van der Waals surface area contributed by atoms with Crippen LogP contribution in [0.3, 0.4) is 0 Å². The molecule has 2 atom stereocenters. The van der Waals surface area contributed by atoms with E-state index in [4.69, 9.17) is 11.6 Å². The molecule has 19 heavy (non-hydrogen) atoms. The summed E-state index contributed by atoms with van der Waals surface area (Å²) in [7, 11) is -1.09. The van der Waals surface area contributed by atoms with Gasteiger partial charge in [-0.2, -0.15) is 0 Å². The van der Waals surface area contributed by atoms with Crippen molar-refractivity contribution in [1.82, 2.24) is 10.3 Å². The molecule has 0 aliphatic rings. The van der Waals surface area contributed by atoms with Gasteiger partial charge in [-0.15, -0.1) is 0 Å². The molecule has 1 amide bonds. The molecule has 0 fully saturated rings. The number of nitro groups is 1. The van der Waals surface area contributed by atoms with Gasteiger partial charge in [0.2, 0.25) is 0 Å². The van der Waals surface area contributed by atoms with Crippen LogP contribution in [0.25, 0.3) is 0 Å². The lowest BCUT2D eigenvalue weighted by Gasteiger charge is -2.10. The van der Waals surface area contributed by atoms with E-state index < -0.39 is 27.3 Å². The maximum Gasteiger partial charge on any atom is 0.300 e. The van der Waals surface area contributed by atoms with Gasteiger partial charge in [-0.05, 0) is 13.0 Å². The standard InChI is InChI=1S/C10H12ClN3O4S/c1-6(19(2)18)4-13-10(15)7-3-9(11)12-5-8(7)14(16)17/h3,5-6H,4H2,1-2H3,(H,13,15). The molecule has 1 aromatic rings. The molecule has 7 nitrogen and oxygen atoms in total. The molecule has 0 aromatic carbocycles. The van der Waals surface area contributed by atoms with E-state index in [1.807, 2.05) is 0 Å². The Hall–Kier alpha value is -1.54. The van der Waals surface area contributed by atoms with Crippen LogP contribution in [-0.4, -0.2) is 38.1 Å². The Bertz CT molecular complexity index is 538. The highest BCUT2D eigenvalue weighted by Crippen LogP contribution is 2.20. The van der Waals surface area contributed by atoms with E-state index in [0.29, 0.717) is 0 Å². The zero-order valence-electron chi connectivity index (χ0n) is 10.3. The molecule has 0 aliphatic heterocycles. The van der Waals surface area contributed by atoms with Gasteiger partial charge in [-0.3, -0.25) is 19.1 Å². The summed E-state index contributed by atoms with van der Waals surface area (Å²) in [6.07, 6.45) is 2.45. The molecule has 2 unspecified atom stereocenters. The number of nitrogens with one attached hydrogen (secondary N) is 1. The molecule has 1 heterocycles. The molecular formula is C10H12ClN3O4S.